The summed E-state index contributed by atoms with van der Waals surface area (Å²) in [6.07, 6.45) is -11.3. The van der Waals surface area contributed by atoms with Gasteiger partial charge in [-0.2, -0.15) is 26.3 Å². The Balaban J connectivity index is 3.07. The van der Waals surface area contributed by atoms with Crippen molar-refractivity contribution >= 4 is 6.09 Å². The lowest BCUT2D eigenvalue weighted by atomic mass is 9.99. The molecule has 10 heteroatoms. The Hall–Kier alpha value is -1.97. The van der Waals surface area contributed by atoms with Crippen molar-refractivity contribution in [1.29, 1.82) is 0 Å². The fourth-order valence-corrected chi connectivity index (χ4v) is 2.06. The van der Waals surface area contributed by atoms with Crippen molar-refractivity contribution in [2.45, 2.75) is 51.2 Å². The van der Waals surface area contributed by atoms with E-state index in [1.807, 2.05) is 0 Å². The first-order valence-corrected chi connectivity index (χ1v) is 7.50. The molecule has 2 N–H and O–H groups in total. The molecule has 1 atom stereocenters. The molecule has 0 saturated carbocycles. The number of amides is 1. The molecule has 0 radical (unpaired) electrons. The lowest BCUT2D eigenvalue weighted by molar-refractivity contribution is -0.143. The Morgan fingerprint density at radius 2 is 1.50 bits per heavy atom. The van der Waals surface area contributed by atoms with Crippen LogP contribution in [0.2, 0.25) is 0 Å². The third-order valence-corrected chi connectivity index (χ3v) is 3.07. The van der Waals surface area contributed by atoms with E-state index in [9.17, 15) is 36.2 Å². The molecule has 1 aromatic carbocycles. The number of aliphatic hydroxyl groups excluding tert-OH is 1. The van der Waals surface area contributed by atoms with E-state index in [1.165, 1.54) is 0 Å². The summed E-state index contributed by atoms with van der Waals surface area (Å²) in [6, 6.07) is -0.00309. The third-order valence-electron chi connectivity index (χ3n) is 3.07. The van der Waals surface area contributed by atoms with Crippen LogP contribution in [0.4, 0.5) is 31.1 Å². The van der Waals surface area contributed by atoms with Gasteiger partial charge in [-0.05, 0) is 51.0 Å². The van der Waals surface area contributed by atoms with Gasteiger partial charge in [-0.25, -0.2) is 4.79 Å². The second-order valence-electron chi connectivity index (χ2n) is 6.64. The number of carbonyl (C=O) groups is 1. The highest BCUT2D eigenvalue weighted by atomic mass is 19.4. The van der Waals surface area contributed by atoms with Gasteiger partial charge in [0, 0.05) is 0 Å². The minimum absolute atomic E-state index is 0.0126. The molecule has 1 aromatic rings. The van der Waals surface area contributed by atoms with Gasteiger partial charge in [-0.1, -0.05) is 0 Å². The van der Waals surface area contributed by atoms with Crippen molar-refractivity contribution in [1.82, 2.24) is 5.32 Å². The monoisotopic (exact) mass is 387 g/mol. The minimum atomic E-state index is -4.97. The Labute approximate surface area is 146 Å². The van der Waals surface area contributed by atoms with Crippen LogP contribution in [0.15, 0.2) is 18.2 Å². The Morgan fingerprint density at radius 3 is 1.85 bits per heavy atom. The van der Waals surface area contributed by atoms with Crippen molar-refractivity contribution in [2.75, 3.05) is 6.61 Å². The molecule has 0 bridgehead atoms. The van der Waals surface area contributed by atoms with Crippen LogP contribution in [-0.2, 0) is 23.5 Å². The molecule has 0 aliphatic carbocycles. The molecule has 148 valence electrons. The summed E-state index contributed by atoms with van der Waals surface area (Å²) in [5, 5.41) is 11.5. The van der Waals surface area contributed by atoms with Gasteiger partial charge in [0.05, 0.1) is 23.8 Å². The number of hydrogen-bond acceptors (Lipinski definition) is 3. The van der Waals surface area contributed by atoms with E-state index in [1.54, 1.807) is 20.8 Å². The molecule has 0 aromatic heterocycles. The molecule has 0 saturated heterocycles. The number of ether oxygens (including phenoxy) is 1. The number of benzene rings is 1. The van der Waals surface area contributed by atoms with Gasteiger partial charge in [0.15, 0.2) is 0 Å². The minimum Gasteiger partial charge on any atom is -0.444 e. The van der Waals surface area contributed by atoms with Gasteiger partial charge in [0.1, 0.15) is 5.60 Å². The van der Waals surface area contributed by atoms with Crippen LogP contribution in [0.1, 0.15) is 37.5 Å². The quantitative estimate of drug-likeness (QED) is 0.763. The van der Waals surface area contributed by atoms with Crippen molar-refractivity contribution in [3.05, 3.63) is 34.9 Å². The average molecular weight is 387 g/mol. The zero-order valence-corrected chi connectivity index (χ0v) is 14.3. The Morgan fingerprint density at radius 1 is 1.04 bits per heavy atom. The second kappa shape index (κ2) is 7.73. The smallest absolute Gasteiger partial charge is 0.416 e. The van der Waals surface area contributed by atoms with E-state index in [0.29, 0.717) is 12.1 Å². The highest BCUT2D eigenvalue weighted by molar-refractivity contribution is 5.68. The van der Waals surface area contributed by atoms with Crippen LogP contribution < -0.4 is 5.32 Å². The number of rotatable bonds is 4. The molecule has 0 spiro atoms. The predicted molar refractivity (Wildman–Crippen MR) is 80.4 cm³/mol. The van der Waals surface area contributed by atoms with E-state index in [-0.39, 0.29) is 11.6 Å². The molecule has 4 nitrogen and oxygen atoms in total. The summed E-state index contributed by atoms with van der Waals surface area (Å²) in [4.78, 5) is 11.7. The third kappa shape index (κ3) is 7.11. The standard InChI is InChI=1S/C16H19F6NO3/c1-14(2,3)26-13(25)23-12(8-24)6-9-4-10(15(17,18)19)7-11(5-9)16(20,21)22/h4-5,7,12,24H,6,8H2,1-3H3,(H,23,25)/t12-/m0/s1. The number of halogens is 6. The van der Waals surface area contributed by atoms with E-state index in [0.717, 1.165) is 0 Å². The number of hydrogen-bond donors (Lipinski definition) is 2. The van der Waals surface area contributed by atoms with Crippen molar-refractivity contribution in [3.8, 4) is 0 Å². The fourth-order valence-electron chi connectivity index (χ4n) is 2.06. The Kier molecular flexibility index (Phi) is 6.56. The first kappa shape index (κ1) is 22.1. The second-order valence-corrected chi connectivity index (χ2v) is 6.64. The molecule has 1 amide bonds. The van der Waals surface area contributed by atoms with Crippen LogP contribution in [0.3, 0.4) is 0 Å². The number of alkyl carbamates (subject to hydrolysis) is 1. The number of aliphatic hydroxyl groups is 1. The topological polar surface area (TPSA) is 58.6 Å². The predicted octanol–water partition coefficient (Wildman–Crippen LogP) is 4.15. The zero-order chi connectivity index (χ0) is 20.3. The molecule has 26 heavy (non-hydrogen) atoms. The van der Waals surface area contributed by atoms with Crippen molar-refractivity contribution in [2.24, 2.45) is 0 Å². The maximum Gasteiger partial charge on any atom is 0.416 e. The van der Waals surface area contributed by atoms with Crippen LogP contribution in [-0.4, -0.2) is 29.4 Å². The molecule has 0 unspecified atom stereocenters. The van der Waals surface area contributed by atoms with Gasteiger partial charge in [-0.3, -0.25) is 0 Å². The highest BCUT2D eigenvalue weighted by Crippen LogP contribution is 2.36. The fraction of sp³-hybridized carbons (Fsp3) is 0.562. The van der Waals surface area contributed by atoms with Crippen molar-refractivity contribution in [3.63, 3.8) is 0 Å². The molecule has 0 heterocycles. The van der Waals surface area contributed by atoms with E-state index in [4.69, 9.17) is 4.74 Å². The zero-order valence-electron chi connectivity index (χ0n) is 14.3. The van der Waals surface area contributed by atoms with E-state index < -0.39 is 54.2 Å². The maximum absolute atomic E-state index is 12.8. The van der Waals surface area contributed by atoms with Crippen LogP contribution in [0, 0.1) is 0 Å². The number of alkyl halides is 6. The lowest BCUT2D eigenvalue weighted by Crippen LogP contribution is -2.42. The summed E-state index contributed by atoms with van der Waals surface area (Å²) in [5.41, 5.74) is -4.11. The average Bonchev–Trinajstić information content (AvgIpc) is 2.42. The van der Waals surface area contributed by atoms with Crippen LogP contribution >= 0.6 is 0 Å². The molecule has 0 aliphatic heterocycles. The maximum atomic E-state index is 12.8. The molecular formula is C16H19F6NO3. The highest BCUT2D eigenvalue weighted by Gasteiger charge is 2.37. The van der Waals surface area contributed by atoms with Crippen LogP contribution in [0.5, 0.6) is 0 Å². The molecule has 0 aliphatic rings. The molecular weight excluding hydrogens is 368 g/mol. The summed E-state index contributed by atoms with van der Waals surface area (Å²) in [6.45, 7) is 4.02. The lowest BCUT2D eigenvalue weighted by Gasteiger charge is -2.23. The largest absolute Gasteiger partial charge is 0.444 e. The summed E-state index contributed by atoms with van der Waals surface area (Å²) in [5.74, 6) is 0. The Bertz CT molecular complexity index is 602. The van der Waals surface area contributed by atoms with E-state index in [2.05, 4.69) is 5.32 Å². The molecule has 1 rings (SSSR count). The number of nitrogens with one attached hydrogen (secondary N) is 1. The van der Waals surface area contributed by atoms with Gasteiger partial charge < -0.3 is 15.2 Å². The SMILES string of the molecule is CC(C)(C)OC(=O)N[C@H](CO)Cc1cc(C(F)(F)F)cc(C(F)(F)F)c1. The summed E-state index contributed by atoms with van der Waals surface area (Å²) >= 11 is 0. The van der Waals surface area contributed by atoms with E-state index >= 15 is 0 Å². The normalized spacial score (nSPS) is 14.1. The first-order valence-electron chi connectivity index (χ1n) is 7.50. The summed E-state index contributed by atoms with van der Waals surface area (Å²) in [7, 11) is 0. The van der Waals surface area contributed by atoms with Crippen LogP contribution in [0.25, 0.3) is 0 Å². The first-order chi connectivity index (χ1) is 11.6. The summed E-state index contributed by atoms with van der Waals surface area (Å²) < 4.78 is 82.0. The van der Waals surface area contributed by atoms with Gasteiger partial charge >= 0.3 is 18.4 Å². The van der Waals surface area contributed by atoms with Gasteiger partial charge in [0.2, 0.25) is 0 Å². The number of carbonyl (C=O) groups excluding carboxylic acids is 1. The van der Waals surface area contributed by atoms with Crippen molar-refractivity contribution < 1.29 is 41.0 Å². The van der Waals surface area contributed by atoms with Gasteiger partial charge in [-0.15, -0.1) is 0 Å². The molecule has 0 fully saturated rings. The van der Waals surface area contributed by atoms with Gasteiger partial charge in [0.25, 0.3) is 0 Å².